The van der Waals surface area contributed by atoms with Crippen LogP contribution in [0.1, 0.15) is 25.7 Å². The van der Waals surface area contributed by atoms with Gasteiger partial charge < -0.3 is 38.5 Å². The van der Waals surface area contributed by atoms with Gasteiger partial charge in [-0.15, -0.1) is 11.6 Å². The van der Waals surface area contributed by atoms with Crippen molar-refractivity contribution in [1.29, 1.82) is 0 Å². The van der Waals surface area contributed by atoms with Gasteiger partial charge in [-0.2, -0.15) is 0 Å². The molecule has 194 valence electrons. The first-order valence-corrected chi connectivity index (χ1v) is 12.5. The number of benzene rings is 1. The van der Waals surface area contributed by atoms with Crippen molar-refractivity contribution in [2.75, 3.05) is 90.5 Å². The third kappa shape index (κ3) is 13.9. The molecule has 0 atom stereocenters. The molecule has 1 N–H and O–H groups in total. The maximum absolute atomic E-state index is 12.2. The molecule has 0 radical (unpaired) electrons. The van der Waals surface area contributed by atoms with Crippen LogP contribution in [-0.4, -0.2) is 91.1 Å². The van der Waals surface area contributed by atoms with Crippen LogP contribution in [0.2, 0.25) is 0 Å². The topological polar surface area (TPSA) is 93.7 Å². The zero-order valence-electron chi connectivity index (χ0n) is 19.9. The zero-order chi connectivity index (χ0) is 24.1. The zero-order valence-corrected chi connectivity index (χ0v) is 20.7. The average Bonchev–Trinajstić information content (AvgIpc) is 2.84. The number of unbranched alkanes of at least 4 members (excludes halogenated alkanes) is 3. The molecule has 1 amide bonds. The van der Waals surface area contributed by atoms with Crippen molar-refractivity contribution in [1.82, 2.24) is 0 Å². The van der Waals surface area contributed by atoms with Crippen LogP contribution in [0.5, 0.6) is 11.5 Å². The Morgan fingerprint density at radius 3 is 2.09 bits per heavy atom. The molecule has 0 bridgehead atoms. The standard InChI is InChI=1S/C24H38ClNO8/c25-7-3-1-2-4-8-28-13-14-32-20-24(27)26-21-5-6-22-23(19-21)34-18-16-31-12-10-29-9-11-30-15-17-33-22/h5-6,19H,1-4,7-18,20H2,(H,26,27). The fraction of sp³-hybridized carbons (Fsp3) is 0.708. The number of amides is 1. The molecule has 1 aliphatic heterocycles. The van der Waals surface area contributed by atoms with Gasteiger partial charge >= 0.3 is 0 Å². The first-order chi connectivity index (χ1) is 16.8. The molecule has 1 aliphatic rings. The minimum absolute atomic E-state index is 0.0548. The Morgan fingerprint density at radius 1 is 0.765 bits per heavy atom. The third-order valence-corrected chi connectivity index (χ3v) is 4.99. The molecular formula is C24H38ClNO8. The molecule has 0 unspecified atom stereocenters. The maximum Gasteiger partial charge on any atom is 0.250 e. The van der Waals surface area contributed by atoms with Gasteiger partial charge in [-0.1, -0.05) is 12.8 Å². The monoisotopic (exact) mass is 503 g/mol. The maximum atomic E-state index is 12.2. The first-order valence-electron chi connectivity index (χ1n) is 11.9. The summed E-state index contributed by atoms with van der Waals surface area (Å²) in [4.78, 5) is 12.2. The van der Waals surface area contributed by atoms with Crippen LogP contribution in [0.4, 0.5) is 5.69 Å². The molecule has 2 rings (SSSR count). The van der Waals surface area contributed by atoms with Gasteiger partial charge in [0, 0.05) is 24.2 Å². The fourth-order valence-electron chi connectivity index (χ4n) is 3.01. The fourth-order valence-corrected chi connectivity index (χ4v) is 3.20. The molecule has 1 heterocycles. The lowest BCUT2D eigenvalue weighted by atomic mass is 10.2. The summed E-state index contributed by atoms with van der Waals surface area (Å²) in [5, 5.41) is 2.81. The van der Waals surface area contributed by atoms with E-state index in [0.717, 1.165) is 25.7 Å². The molecule has 0 fully saturated rings. The van der Waals surface area contributed by atoms with E-state index in [1.807, 2.05) is 0 Å². The molecule has 10 heteroatoms. The van der Waals surface area contributed by atoms with Crippen molar-refractivity contribution in [3.8, 4) is 11.5 Å². The van der Waals surface area contributed by atoms with E-state index in [1.165, 1.54) is 0 Å². The largest absolute Gasteiger partial charge is 0.487 e. The normalized spacial score (nSPS) is 15.8. The summed E-state index contributed by atoms with van der Waals surface area (Å²) in [5.74, 6) is 1.55. The van der Waals surface area contributed by atoms with E-state index in [9.17, 15) is 4.79 Å². The quantitative estimate of drug-likeness (QED) is 0.343. The van der Waals surface area contributed by atoms with Gasteiger partial charge in [0.2, 0.25) is 5.91 Å². The molecule has 1 aromatic rings. The van der Waals surface area contributed by atoms with Crippen LogP contribution in [0.25, 0.3) is 0 Å². The number of ether oxygens (including phenoxy) is 7. The van der Waals surface area contributed by atoms with Crippen molar-refractivity contribution in [3.63, 3.8) is 0 Å². The van der Waals surface area contributed by atoms with E-state index in [2.05, 4.69) is 5.32 Å². The van der Waals surface area contributed by atoms with Crippen molar-refractivity contribution >= 4 is 23.2 Å². The lowest BCUT2D eigenvalue weighted by Gasteiger charge is -2.15. The second kappa shape index (κ2) is 19.7. The minimum atomic E-state index is -0.254. The Morgan fingerprint density at radius 2 is 1.38 bits per heavy atom. The number of alkyl halides is 1. The Bertz CT molecular complexity index is 664. The van der Waals surface area contributed by atoms with Crippen LogP contribution in [0.15, 0.2) is 18.2 Å². The molecule has 1 aromatic carbocycles. The number of anilines is 1. The molecule has 9 nitrogen and oxygen atoms in total. The molecule has 0 aromatic heterocycles. The van der Waals surface area contributed by atoms with Crippen LogP contribution in [-0.2, 0) is 28.5 Å². The van der Waals surface area contributed by atoms with Gasteiger partial charge in [-0.25, -0.2) is 0 Å². The van der Waals surface area contributed by atoms with Gasteiger partial charge in [-0.05, 0) is 25.0 Å². The number of carbonyl (C=O) groups excluding carboxylic acids is 1. The number of carbonyl (C=O) groups is 1. The second-order valence-corrected chi connectivity index (χ2v) is 7.89. The molecule has 0 saturated heterocycles. The summed E-state index contributed by atoms with van der Waals surface area (Å²) in [6.45, 7) is 5.06. The Kier molecular flexibility index (Phi) is 16.5. The van der Waals surface area contributed by atoms with E-state index < -0.39 is 0 Å². The number of hydrogen-bond donors (Lipinski definition) is 1. The van der Waals surface area contributed by atoms with Gasteiger partial charge in [0.25, 0.3) is 0 Å². The van der Waals surface area contributed by atoms with E-state index in [0.29, 0.717) is 95.7 Å². The molecule has 0 saturated carbocycles. The van der Waals surface area contributed by atoms with E-state index in [4.69, 9.17) is 44.8 Å². The molecule has 34 heavy (non-hydrogen) atoms. The lowest BCUT2D eigenvalue weighted by Crippen LogP contribution is -2.20. The van der Waals surface area contributed by atoms with Crippen molar-refractivity contribution < 1.29 is 38.0 Å². The van der Waals surface area contributed by atoms with Crippen LogP contribution in [0.3, 0.4) is 0 Å². The van der Waals surface area contributed by atoms with E-state index >= 15 is 0 Å². The number of hydrogen-bond acceptors (Lipinski definition) is 8. The lowest BCUT2D eigenvalue weighted by molar-refractivity contribution is -0.121. The SMILES string of the molecule is O=C(COCCOCCCCCCCl)Nc1ccc2c(c1)OCCOCCOCCOCCO2. The van der Waals surface area contributed by atoms with E-state index in [1.54, 1.807) is 18.2 Å². The highest BCUT2D eigenvalue weighted by Gasteiger charge is 2.10. The first kappa shape index (κ1) is 28.6. The summed E-state index contributed by atoms with van der Waals surface area (Å²) in [5.41, 5.74) is 0.590. The second-order valence-electron chi connectivity index (χ2n) is 7.51. The highest BCUT2D eigenvalue weighted by atomic mass is 35.5. The molecular weight excluding hydrogens is 466 g/mol. The Labute approximate surface area is 207 Å². The smallest absolute Gasteiger partial charge is 0.250 e. The van der Waals surface area contributed by atoms with Gasteiger partial charge in [0.05, 0.1) is 52.9 Å². The van der Waals surface area contributed by atoms with Gasteiger partial charge in [0.15, 0.2) is 11.5 Å². The summed E-state index contributed by atoms with van der Waals surface area (Å²) < 4.78 is 38.9. The van der Waals surface area contributed by atoms with Crippen LogP contribution in [0, 0.1) is 0 Å². The van der Waals surface area contributed by atoms with E-state index in [-0.39, 0.29) is 12.5 Å². The Hall–Kier alpha value is -1.62. The number of halogens is 1. The highest BCUT2D eigenvalue weighted by molar-refractivity contribution is 6.17. The molecule has 0 aliphatic carbocycles. The number of rotatable bonds is 12. The highest BCUT2D eigenvalue weighted by Crippen LogP contribution is 2.30. The van der Waals surface area contributed by atoms with Crippen LogP contribution < -0.4 is 14.8 Å². The third-order valence-electron chi connectivity index (χ3n) is 4.72. The van der Waals surface area contributed by atoms with Gasteiger partial charge in [0.1, 0.15) is 19.8 Å². The van der Waals surface area contributed by atoms with Crippen molar-refractivity contribution in [2.45, 2.75) is 25.7 Å². The molecule has 0 spiro atoms. The predicted octanol–water partition coefficient (Wildman–Crippen LogP) is 3.28. The average molecular weight is 504 g/mol. The minimum Gasteiger partial charge on any atom is -0.487 e. The van der Waals surface area contributed by atoms with Crippen molar-refractivity contribution in [3.05, 3.63) is 18.2 Å². The Balaban J connectivity index is 1.70. The summed E-state index contributed by atoms with van der Waals surface area (Å²) >= 11 is 5.65. The number of nitrogens with one attached hydrogen (secondary N) is 1. The number of fused-ring (bicyclic) bond motifs is 1. The summed E-state index contributed by atoms with van der Waals surface area (Å²) in [6.07, 6.45) is 4.29. The van der Waals surface area contributed by atoms with Gasteiger partial charge in [-0.3, -0.25) is 4.79 Å². The summed E-state index contributed by atoms with van der Waals surface area (Å²) in [7, 11) is 0. The van der Waals surface area contributed by atoms with Crippen LogP contribution >= 0.6 is 11.6 Å². The van der Waals surface area contributed by atoms with Crippen molar-refractivity contribution in [2.24, 2.45) is 0 Å². The predicted molar refractivity (Wildman–Crippen MR) is 129 cm³/mol. The summed E-state index contributed by atoms with van der Waals surface area (Å²) in [6, 6.07) is 5.24.